The minimum atomic E-state index is -0.173. The average Bonchev–Trinajstić information content (AvgIpc) is 2.64. The number of hydrogen-bond acceptors (Lipinski definition) is 3. The van der Waals surface area contributed by atoms with Crippen molar-refractivity contribution < 1.29 is 9.53 Å². The number of unbranched alkanes of at least 4 members (excludes halogenated alkanes) is 14. The zero-order chi connectivity index (χ0) is 19.3. The maximum absolute atomic E-state index is 11.8. The van der Waals surface area contributed by atoms with E-state index in [1.54, 1.807) is 0 Å². The molecule has 1 N–H and O–H groups in total. The largest absolute Gasteiger partial charge is 0.465 e. The van der Waals surface area contributed by atoms with E-state index in [0.29, 0.717) is 6.61 Å². The summed E-state index contributed by atoms with van der Waals surface area (Å²) in [6.07, 6.45) is 21.1. The average molecular weight is 370 g/mol. The third-order valence-electron chi connectivity index (χ3n) is 5.08. The molecule has 0 spiro atoms. The van der Waals surface area contributed by atoms with Crippen LogP contribution in [-0.2, 0) is 9.53 Å². The highest BCUT2D eigenvalue weighted by Gasteiger charge is 2.12. The van der Waals surface area contributed by atoms with E-state index in [-0.39, 0.29) is 12.0 Å². The fourth-order valence-electron chi connectivity index (χ4n) is 3.17. The summed E-state index contributed by atoms with van der Waals surface area (Å²) in [4.78, 5) is 11.8. The summed E-state index contributed by atoms with van der Waals surface area (Å²) < 4.78 is 5.34. The van der Waals surface area contributed by atoms with Crippen LogP contribution in [0, 0.1) is 0 Å². The number of nitrogens with one attached hydrogen (secondary N) is 1. The summed E-state index contributed by atoms with van der Waals surface area (Å²) in [5, 5.41) is 3.21. The van der Waals surface area contributed by atoms with Gasteiger partial charge in [-0.2, -0.15) is 0 Å². The van der Waals surface area contributed by atoms with Crippen molar-refractivity contribution in [3.8, 4) is 0 Å². The normalized spacial score (nSPS) is 12.3. The van der Waals surface area contributed by atoms with E-state index in [2.05, 4.69) is 19.2 Å². The highest BCUT2D eigenvalue weighted by atomic mass is 16.5. The molecule has 0 bridgehead atoms. The van der Waals surface area contributed by atoms with Gasteiger partial charge in [-0.05, 0) is 26.3 Å². The molecule has 1 unspecified atom stereocenters. The molecule has 0 aromatic carbocycles. The van der Waals surface area contributed by atoms with Gasteiger partial charge in [-0.25, -0.2) is 0 Å². The first-order valence-electron chi connectivity index (χ1n) is 11.6. The van der Waals surface area contributed by atoms with Gasteiger partial charge < -0.3 is 10.1 Å². The van der Waals surface area contributed by atoms with Gasteiger partial charge in [0.05, 0.1) is 6.61 Å². The van der Waals surface area contributed by atoms with Crippen LogP contribution in [0.1, 0.15) is 124 Å². The smallest absolute Gasteiger partial charge is 0.322 e. The molecule has 3 nitrogen and oxygen atoms in total. The summed E-state index contributed by atoms with van der Waals surface area (Å²) in [7, 11) is 0. The Morgan fingerprint density at radius 3 is 1.58 bits per heavy atom. The molecular weight excluding hydrogens is 322 g/mol. The van der Waals surface area contributed by atoms with Crippen LogP contribution >= 0.6 is 0 Å². The number of carbonyl (C=O) groups is 1. The molecule has 0 aliphatic heterocycles. The van der Waals surface area contributed by atoms with Crippen LogP contribution in [0.3, 0.4) is 0 Å². The summed E-state index contributed by atoms with van der Waals surface area (Å²) in [6, 6.07) is -0.173. The van der Waals surface area contributed by atoms with Crippen molar-refractivity contribution in [2.45, 2.75) is 130 Å². The number of hydrogen-bond donors (Lipinski definition) is 1. The van der Waals surface area contributed by atoms with Crippen LogP contribution in [0.2, 0.25) is 0 Å². The zero-order valence-corrected chi connectivity index (χ0v) is 18.1. The number of carbonyl (C=O) groups excluding carboxylic acids is 1. The maximum Gasteiger partial charge on any atom is 0.322 e. The van der Waals surface area contributed by atoms with E-state index in [4.69, 9.17) is 4.74 Å². The van der Waals surface area contributed by atoms with Gasteiger partial charge >= 0.3 is 5.97 Å². The quantitative estimate of drug-likeness (QED) is 0.190. The summed E-state index contributed by atoms with van der Waals surface area (Å²) in [5.41, 5.74) is 0. The molecule has 1 atom stereocenters. The molecule has 26 heavy (non-hydrogen) atoms. The first-order valence-corrected chi connectivity index (χ1v) is 11.6. The molecule has 0 amide bonds. The maximum atomic E-state index is 11.8. The summed E-state index contributed by atoms with van der Waals surface area (Å²) in [5.74, 6) is -0.101. The third kappa shape index (κ3) is 18.2. The van der Waals surface area contributed by atoms with Gasteiger partial charge in [0, 0.05) is 0 Å². The molecule has 0 aromatic rings. The van der Waals surface area contributed by atoms with Crippen molar-refractivity contribution in [2.24, 2.45) is 0 Å². The summed E-state index contributed by atoms with van der Waals surface area (Å²) in [6.45, 7) is 7.80. The molecule has 0 radical (unpaired) electrons. The van der Waals surface area contributed by atoms with Crippen LogP contribution in [0.15, 0.2) is 0 Å². The minimum Gasteiger partial charge on any atom is -0.465 e. The Morgan fingerprint density at radius 2 is 1.12 bits per heavy atom. The van der Waals surface area contributed by atoms with Gasteiger partial charge in [0.2, 0.25) is 0 Å². The lowest BCUT2D eigenvalue weighted by Gasteiger charge is -2.12. The second-order valence-corrected chi connectivity index (χ2v) is 7.79. The Kier molecular flexibility index (Phi) is 20.3. The van der Waals surface area contributed by atoms with Gasteiger partial charge in [-0.3, -0.25) is 4.79 Å². The van der Waals surface area contributed by atoms with E-state index in [1.807, 2.05) is 6.92 Å². The molecule has 0 aliphatic rings. The lowest BCUT2D eigenvalue weighted by Crippen LogP contribution is -2.36. The first-order chi connectivity index (χ1) is 12.7. The molecule has 0 heterocycles. The molecule has 0 fully saturated rings. The Bertz CT molecular complexity index is 294. The number of rotatable bonds is 20. The van der Waals surface area contributed by atoms with Crippen molar-refractivity contribution in [3.05, 3.63) is 0 Å². The minimum absolute atomic E-state index is 0.101. The molecular formula is C23H47NO2. The number of esters is 1. The SMILES string of the molecule is CCCCCCCCCCCCCCCCOC(=O)C(C)NCCCC. The van der Waals surface area contributed by atoms with Gasteiger partial charge in [-0.1, -0.05) is 104 Å². The third-order valence-corrected chi connectivity index (χ3v) is 5.08. The van der Waals surface area contributed by atoms with Crippen molar-refractivity contribution in [2.75, 3.05) is 13.2 Å². The highest BCUT2D eigenvalue weighted by molar-refractivity contribution is 5.75. The van der Waals surface area contributed by atoms with Crippen LogP contribution in [0.25, 0.3) is 0 Å². The molecule has 156 valence electrons. The molecule has 0 aliphatic carbocycles. The van der Waals surface area contributed by atoms with Crippen molar-refractivity contribution in [1.82, 2.24) is 5.32 Å². The predicted molar refractivity (Wildman–Crippen MR) is 114 cm³/mol. The Balaban J connectivity index is 3.20. The Hall–Kier alpha value is -0.570. The monoisotopic (exact) mass is 369 g/mol. The highest BCUT2D eigenvalue weighted by Crippen LogP contribution is 2.12. The molecule has 0 saturated carbocycles. The van der Waals surface area contributed by atoms with Crippen LogP contribution in [0.4, 0.5) is 0 Å². The lowest BCUT2D eigenvalue weighted by atomic mass is 10.0. The second-order valence-electron chi connectivity index (χ2n) is 7.79. The van der Waals surface area contributed by atoms with Gasteiger partial charge in [0.15, 0.2) is 0 Å². The van der Waals surface area contributed by atoms with E-state index in [9.17, 15) is 4.79 Å². The van der Waals surface area contributed by atoms with Crippen molar-refractivity contribution >= 4 is 5.97 Å². The van der Waals surface area contributed by atoms with Crippen molar-refractivity contribution in [3.63, 3.8) is 0 Å². The fourth-order valence-corrected chi connectivity index (χ4v) is 3.17. The van der Waals surface area contributed by atoms with Crippen molar-refractivity contribution in [1.29, 1.82) is 0 Å². The van der Waals surface area contributed by atoms with Gasteiger partial charge in [0.1, 0.15) is 6.04 Å². The predicted octanol–water partition coefficient (Wildman–Crippen LogP) is 6.79. The second kappa shape index (κ2) is 20.7. The molecule has 0 aromatic heterocycles. The molecule has 3 heteroatoms. The summed E-state index contributed by atoms with van der Waals surface area (Å²) >= 11 is 0. The lowest BCUT2D eigenvalue weighted by molar-refractivity contribution is -0.145. The topological polar surface area (TPSA) is 38.3 Å². The van der Waals surface area contributed by atoms with Gasteiger partial charge in [0.25, 0.3) is 0 Å². The Labute approximate surface area is 164 Å². The van der Waals surface area contributed by atoms with E-state index in [1.165, 1.54) is 83.5 Å². The molecule has 0 saturated heterocycles. The number of ether oxygens (including phenoxy) is 1. The van der Waals surface area contributed by atoms with Crippen LogP contribution < -0.4 is 5.32 Å². The zero-order valence-electron chi connectivity index (χ0n) is 18.1. The van der Waals surface area contributed by atoms with Crippen LogP contribution in [-0.4, -0.2) is 25.2 Å². The Morgan fingerprint density at radius 1 is 0.692 bits per heavy atom. The fraction of sp³-hybridized carbons (Fsp3) is 0.957. The molecule has 0 rings (SSSR count). The van der Waals surface area contributed by atoms with E-state index < -0.39 is 0 Å². The van der Waals surface area contributed by atoms with Crippen LogP contribution in [0.5, 0.6) is 0 Å². The van der Waals surface area contributed by atoms with Gasteiger partial charge in [-0.15, -0.1) is 0 Å². The first kappa shape index (κ1) is 25.4. The van der Waals surface area contributed by atoms with E-state index in [0.717, 1.165) is 25.8 Å². The van der Waals surface area contributed by atoms with E-state index >= 15 is 0 Å². The standard InChI is InChI=1S/C23H47NO2/c1-4-6-8-9-10-11-12-13-14-15-16-17-18-19-21-26-23(25)22(3)24-20-7-5-2/h22,24H,4-21H2,1-3H3.